The predicted molar refractivity (Wildman–Crippen MR) is 93.9 cm³/mol. The Balaban J connectivity index is 1.79. The quantitative estimate of drug-likeness (QED) is 0.370. The lowest BCUT2D eigenvalue weighted by molar-refractivity contribution is -0.136. The fraction of sp³-hybridized carbons (Fsp3) is 0.400. The van der Waals surface area contributed by atoms with Crippen molar-refractivity contribution in [1.29, 1.82) is 0 Å². The lowest BCUT2D eigenvalue weighted by atomic mass is 10.0. The molecule has 3 rings (SSSR count). The van der Waals surface area contributed by atoms with Crippen molar-refractivity contribution in [3.05, 3.63) is 34.6 Å². The van der Waals surface area contributed by atoms with E-state index in [0.717, 1.165) is 19.1 Å². The zero-order valence-electron chi connectivity index (χ0n) is 14.7. The predicted octanol–water partition coefficient (Wildman–Crippen LogP) is 1.70. The second kappa shape index (κ2) is 8.12. The zero-order valence-corrected chi connectivity index (χ0v) is 14.7. The molecule has 3 amide bonds. The summed E-state index contributed by atoms with van der Waals surface area (Å²) in [5.41, 5.74) is 0.988. The summed E-state index contributed by atoms with van der Waals surface area (Å²) in [5.74, 6) is 3.88. The summed E-state index contributed by atoms with van der Waals surface area (Å²) in [6.07, 6.45) is 3.90. The standard InChI is InChI=1S/C20H19FN2O4/c21-15-8-7-13(6-4-2-1-3-5-11-24)14-12-23(20(27)18(14)15)16-9-10-17(25)22-19(16)26/h7-8,11,16H,1-3,5,9-10,12H2,(H,22,25,26). The summed E-state index contributed by atoms with van der Waals surface area (Å²) in [6.45, 7) is 0.0906. The molecule has 1 fully saturated rings. The zero-order chi connectivity index (χ0) is 19.4. The number of carbonyl (C=O) groups excluding carboxylic acids is 4. The van der Waals surface area contributed by atoms with Crippen molar-refractivity contribution >= 4 is 24.0 Å². The molecule has 2 aliphatic rings. The molecule has 0 aliphatic carbocycles. The van der Waals surface area contributed by atoms with E-state index >= 15 is 0 Å². The summed E-state index contributed by atoms with van der Waals surface area (Å²) in [5, 5.41) is 2.22. The maximum atomic E-state index is 14.3. The van der Waals surface area contributed by atoms with Gasteiger partial charge in [-0.2, -0.15) is 0 Å². The minimum Gasteiger partial charge on any atom is -0.322 e. The van der Waals surface area contributed by atoms with Crippen molar-refractivity contribution in [3.63, 3.8) is 0 Å². The first-order chi connectivity index (χ1) is 13.0. The average molecular weight is 370 g/mol. The Hall–Kier alpha value is -3.01. The topological polar surface area (TPSA) is 83.6 Å². The molecule has 140 valence electrons. The Morgan fingerprint density at radius 2 is 2.07 bits per heavy atom. The number of carbonyl (C=O) groups is 4. The first-order valence-electron chi connectivity index (χ1n) is 8.91. The van der Waals surface area contributed by atoms with E-state index in [1.54, 1.807) is 0 Å². The highest BCUT2D eigenvalue weighted by Gasteiger charge is 2.41. The number of hydrogen-bond donors (Lipinski definition) is 1. The number of nitrogens with zero attached hydrogens (tertiary/aromatic N) is 1. The molecule has 1 saturated heterocycles. The van der Waals surface area contributed by atoms with Crippen LogP contribution in [-0.4, -0.2) is 34.9 Å². The summed E-state index contributed by atoms with van der Waals surface area (Å²) < 4.78 is 14.3. The third-order valence-electron chi connectivity index (χ3n) is 4.75. The van der Waals surface area contributed by atoms with Crippen molar-refractivity contribution < 1.29 is 23.6 Å². The van der Waals surface area contributed by atoms with Crippen LogP contribution in [0.1, 0.15) is 60.0 Å². The smallest absolute Gasteiger partial charge is 0.258 e. The van der Waals surface area contributed by atoms with Crippen molar-refractivity contribution in [2.45, 2.75) is 51.1 Å². The third-order valence-corrected chi connectivity index (χ3v) is 4.75. The Labute approximate surface area is 156 Å². The van der Waals surface area contributed by atoms with Gasteiger partial charge in [0.1, 0.15) is 18.1 Å². The fourth-order valence-corrected chi connectivity index (χ4v) is 3.35. The number of unbranched alkanes of at least 4 members (excludes halogenated alkanes) is 3. The molecule has 7 heteroatoms. The number of amides is 3. The number of aldehydes is 1. The summed E-state index contributed by atoms with van der Waals surface area (Å²) in [4.78, 5) is 47.7. The summed E-state index contributed by atoms with van der Waals surface area (Å²) in [6, 6.07) is 1.96. The highest BCUT2D eigenvalue weighted by molar-refractivity contribution is 6.05. The van der Waals surface area contributed by atoms with Gasteiger partial charge in [0.15, 0.2) is 0 Å². The molecule has 0 bridgehead atoms. The molecule has 6 nitrogen and oxygen atoms in total. The number of imide groups is 1. The van der Waals surface area contributed by atoms with E-state index in [1.807, 2.05) is 0 Å². The van der Waals surface area contributed by atoms with Crippen molar-refractivity contribution in [2.24, 2.45) is 0 Å². The van der Waals surface area contributed by atoms with Crippen LogP contribution in [0.15, 0.2) is 12.1 Å². The normalized spacial score (nSPS) is 18.6. The molecule has 0 radical (unpaired) electrons. The van der Waals surface area contributed by atoms with Gasteiger partial charge in [-0.3, -0.25) is 19.7 Å². The van der Waals surface area contributed by atoms with Gasteiger partial charge in [0.25, 0.3) is 5.91 Å². The van der Waals surface area contributed by atoms with Crippen LogP contribution in [0, 0.1) is 17.7 Å². The van der Waals surface area contributed by atoms with E-state index in [2.05, 4.69) is 17.2 Å². The maximum Gasteiger partial charge on any atom is 0.258 e. The van der Waals surface area contributed by atoms with Crippen molar-refractivity contribution in [1.82, 2.24) is 10.2 Å². The number of hydrogen-bond acceptors (Lipinski definition) is 4. The molecule has 0 saturated carbocycles. The third kappa shape index (κ3) is 3.90. The molecular weight excluding hydrogens is 351 g/mol. The van der Waals surface area contributed by atoms with Crippen LogP contribution < -0.4 is 5.32 Å². The molecule has 1 aromatic rings. The number of rotatable bonds is 5. The van der Waals surface area contributed by atoms with E-state index in [-0.39, 0.29) is 30.9 Å². The first-order valence-corrected chi connectivity index (χ1v) is 8.91. The van der Waals surface area contributed by atoms with Gasteiger partial charge >= 0.3 is 0 Å². The minimum atomic E-state index is -0.786. The molecular formula is C20H19FN2O4. The Kier molecular flexibility index (Phi) is 5.65. The molecule has 1 aromatic carbocycles. The minimum absolute atomic E-state index is 0.0487. The SMILES string of the molecule is O=CCCCCC#Cc1ccc(F)c2c1CN(C1CCC(=O)NC1=O)C2=O. The number of halogens is 1. The highest BCUT2D eigenvalue weighted by atomic mass is 19.1. The largest absolute Gasteiger partial charge is 0.322 e. The summed E-state index contributed by atoms with van der Waals surface area (Å²) >= 11 is 0. The molecule has 27 heavy (non-hydrogen) atoms. The van der Waals surface area contributed by atoms with Gasteiger partial charge in [0.05, 0.1) is 5.56 Å². The Morgan fingerprint density at radius 3 is 2.81 bits per heavy atom. The number of benzene rings is 1. The molecule has 1 atom stereocenters. The molecule has 0 spiro atoms. The molecule has 1 N–H and O–H groups in total. The average Bonchev–Trinajstić information content (AvgIpc) is 2.98. The molecule has 0 aromatic heterocycles. The van der Waals surface area contributed by atoms with Gasteiger partial charge < -0.3 is 9.69 Å². The number of fused-ring (bicyclic) bond motifs is 1. The van der Waals surface area contributed by atoms with Crippen LogP contribution in [0.5, 0.6) is 0 Å². The van der Waals surface area contributed by atoms with E-state index in [9.17, 15) is 23.6 Å². The lowest BCUT2D eigenvalue weighted by Crippen LogP contribution is -2.52. The Bertz CT molecular complexity index is 869. The van der Waals surface area contributed by atoms with Crippen LogP contribution in [0.4, 0.5) is 4.39 Å². The Morgan fingerprint density at radius 1 is 1.26 bits per heavy atom. The van der Waals surface area contributed by atoms with E-state index in [0.29, 0.717) is 24.0 Å². The van der Waals surface area contributed by atoms with Crippen molar-refractivity contribution in [2.75, 3.05) is 0 Å². The van der Waals surface area contributed by atoms with E-state index in [1.165, 1.54) is 17.0 Å². The molecule has 2 aliphatic heterocycles. The first kappa shape index (κ1) is 18.8. The van der Waals surface area contributed by atoms with Gasteiger partial charge in [0.2, 0.25) is 11.8 Å². The molecule has 1 unspecified atom stereocenters. The lowest BCUT2D eigenvalue weighted by Gasteiger charge is -2.29. The maximum absolute atomic E-state index is 14.3. The van der Waals surface area contributed by atoms with E-state index < -0.39 is 23.7 Å². The number of piperidine rings is 1. The fourth-order valence-electron chi connectivity index (χ4n) is 3.35. The molecule has 2 heterocycles. The monoisotopic (exact) mass is 370 g/mol. The summed E-state index contributed by atoms with van der Waals surface area (Å²) in [7, 11) is 0. The van der Waals surface area contributed by atoms with Crippen LogP contribution in [0.2, 0.25) is 0 Å². The van der Waals surface area contributed by atoms with Gasteiger partial charge in [-0.05, 0) is 31.4 Å². The van der Waals surface area contributed by atoms with E-state index in [4.69, 9.17) is 0 Å². The van der Waals surface area contributed by atoms with Gasteiger partial charge in [-0.1, -0.05) is 11.8 Å². The van der Waals surface area contributed by atoms with Crippen LogP contribution in [-0.2, 0) is 20.9 Å². The van der Waals surface area contributed by atoms with Crippen LogP contribution in [0.25, 0.3) is 0 Å². The second-order valence-electron chi connectivity index (χ2n) is 6.56. The highest BCUT2D eigenvalue weighted by Crippen LogP contribution is 2.31. The van der Waals surface area contributed by atoms with Gasteiger partial charge in [0, 0.05) is 36.9 Å². The second-order valence-corrected chi connectivity index (χ2v) is 6.56. The van der Waals surface area contributed by atoms with Gasteiger partial charge in [-0.25, -0.2) is 4.39 Å². The van der Waals surface area contributed by atoms with Crippen molar-refractivity contribution in [3.8, 4) is 11.8 Å². The van der Waals surface area contributed by atoms with Crippen LogP contribution in [0.3, 0.4) is 0 Å². The van der Waals surface area contributed by atoms with Crippen LogP contribution >= 0.6 is 0 Å². The van der Waals surface area contributed by atoms with Gasteiger partial charge in [-0.15, -0.1) is 0 Å². The number of nitrogens with one attached hydrogen (secondary N) is 1.